The number of amides is 1. The van der Waals surface area contributed by atoms with Crippen LogP contribution in [0.5, 0.6) is 0 Å². The van der Waals surface area contributed by atoms with Gasteiger partial charge in [0.15, 0.2) is 4.80 Å². The second-order valence-corrected chi connectivity index (χ2v) is 10.1. The van der Waals surface area contributed by atoms with Crippen molar-refractivity contribution in [2.24, 2.45) is 12.0 Å². The summed E-state index contributed by atoms with van der Waals surface area (Å²) in [6.45, 7) is 6.80. The lowest BCUT2D eigenvalue weighted by Crippen LogP contribution is -2.31. The number of fused-ring (bicyclic) bond motifs is 1. The molecular weight excluding hydrogens is 418 g/mol. The van der Waals surface area contributed by atoms with Crippen molar-refractivity contribution in [1.29, 1.82) is 0 Å². The Labute approximate surface area is 181 Å². The summed E-state index contributed by atoms with van der Waals surface area (Å²) in [7, 11) is -1.67. The van der Waals surface area contributed by atoms with Crippen molar-refractivity contribution in [2.45, 2.75) is 38.5 Å². The maximum atomic E-state index is 12.8. The summed E-state index contributed by atoms with van der Waals surface area (Å²) in [5, 5.41) is 0. The molecule has 0 radical (unpaired) electrons. The van der Waals surface area contributed by atoms with E-state index in [1.165, 1.54) is 39.9 Å². The molecule has 0 N–H and O–H groups in total. The van der Waals surface area contributed by atoms with Gasteiger partial charge in [-0.15, -0.1) is 0 Å². The molecule has 0 saturated carbocycles. The molecule has 2 aromatic carbocycles. The summed E-state index contributed by atoms with van der Waals surface area (Å²) in [6, 6.07) is 12.1. The summed E-state index contributed by atoms with van der Waals surface area (Å²) < 4.78 is 30.1. The molecule has 160 valence electrons. The molecule has 0 atom stereocenters. The largest absolute Gasteiger partial charge is 0.319 e. The van der Waals surface area contributed by atoms with Crippen molar-refractivity contribution in [2.75, 3.05) is 13.1 Å². The fraction of sp³-hybridized carbons (Fsp3) is 0.364. The highest BCUT2D eigenvalue weighted by atomic mass is 32.2. The van der Waals surface area contributed by atoms with E-state index in [-0.39, 0.29) is 4.90 Å². The zero-order valence-corrected chi connectivity index (χ0v) is 19.4. The molecular formula is C22H27N3O3S2. The Hall–Kier alpha value is -2.29. The predicted molar refractivity (Wildman–Crippen MR) is 121 cm³/mol. The highest BCUT2D eigenvalue weighted by Crippen LogP contribution is 2.20. The number of aromatic nitrogens is 1. The maximum absolute atomic E-state index is 12.8. The molecule has 0 fully saturated rings. The molecule has 0 aliphatic carbocycles. The fourth-order valence-corrected chi connectivity index (χ4v) is 5.94. The number of benzene rings is 2. The second kappa shape index (κ2) is 9.24. The predicted octanol–water partition coefficient (Wildman–Crippen LogP) is 4.10. The molecule has 30 heavy (non-hydrogen) atoms. The molecule has 3 aromatic rings. The van der Waals surface area contributed by atoms with E-state index in [2.05, 4.69) is 4.99 Å². The summed E-state index contributed by atoms with van der Waals surface area (Å²) in [4.78, 5) is 17.8. The molecule has 0 aliphatic rings. The van der Waals surface area contributed by atoms with Crippen LogP contribution in [-0.2, 0) is 17.1 Å². The van der Waals surface area contributed by atoms with Crippen LogP contribution in [0.25, 0.3) is 10.2 Å². The molecule has 3 rings (SSSR count). The molecule has 0 aliphatic heterocycles. The number of rotatable bonds is 7. The minimum atomic E-state index is -3.56. The molecule has 0 bridgehead atoms. The van der Waals surface area contributed by atoms with Crippen LogP contribution in [0.1, 0.15) is 42.6 Å². The number of hydrogen-bond donors (Lipinski definition) is 0. The van der Waals surface area contributed by atoms with Crippen LogP contribution in [0.2, 0.25) is 0 Å². The molecule has 0 spiro atoms. The number of hydrogen-bond acceptors (Lipinski definition) is 4. The number of unbranched alkanes of at least 4 members (excludes halogenated alkanes) is 1. The standard InChI is InChI=1S/C22H27N3O3S2/c1-5-7-15-25(6-2)30(27,28)18-13-11-17(12-14-18)21(26)23-22-24(4)20-16(3)9-8-10-19(20)29-22/h8-14H,5-7,15H2,1-4H3. The van der Waals surface area contributed by atoms with Crippen molar-refractivity contribution in [3.63, 3.8) is 0 Å². The van der Waals surface area contributed by atoms with Crippen molar-refractivity contribution < 1.29 is 13.2 Å². The first-order valence-corrected chi connectivity index (χ1v) is 12.3. The third-order valence-corrected chi connectivity index (χ3v) is 8.16. The van der Waals surface area contributed by atoms with E-state index in [9.17, 15) is 13.2 Å². The lowest BCUT2D eigenvalue weighted by atomic mass is 10.2. The summed E-state index contributed by atoms with van der Waals surface area (Å²) >= 11 is 1.46. The van der Waals surface area contributed by atoms with Gasteiger partial charge in [-0.3, -0.25) is 4.79 Å². The van der Waals surface area contributed by atoms with Crippen LogP contribution in [0, 0.1) is 6.92 Å². The van der Waals surface area contributed by atoms with Crippen molar-refractivity contribution in [3.8, 4) is 0 Å². The van der Waals surface area contributed by atoms with Gasteiger partial charge in [0, 0.05) is 25.7 Å². The number of sulfonamides is 1. The number of thiazole rings is 1. The number of carbonyl (C=O) groups excluding carboxylic acids is 1. The van der Waals surface area contributed by atoms with E-state index in [0.29, 0.717) is 23.5 Å². The Morgan fingerprint density at radius 1 is 1.13 bits per heavy atom. The molecule has 6 nitrogen and oxygen atoms in total. The van der Waals surface area contributed by atoms with Gasteiger partial charge in [-0.25, -0.2) is 8.42 Å². The number of nitrogens with zero attached hydrogens (tertiary/aromatic N) is 3. The van der Waals surface area contributed by atoms with Crippen molar-refractivity contribution in [1.82, 2.24) is 8.87 Å². The van der Waals surface area contributed by atoms with Gasteiger partial charge in [-0.2, -0.15) is 9.30 Å². The smallest absolute Gasteiger partial charge is 0.279 e. The van der Waals surface area contributed by atoms with Crippen molar-refractivity contribution in [3.05, 3.63) is 58.4 Å². The third kappa shape index (κ3) is 4.40. The average Bonchev–Trinajstić information content (AvgIpc) is 3.05. The van der Waals surface area contributed by atoms with Gasteiger partial charge in [0.25, 0.3) is 5.91 Å². The summed E-state index contributed by atoms with van der Waals surface area (Å²) in [5.41, 5.74) is 2.54. The first kappa shape index (κ1) is 22.4. The molecule has 0 saturated heterocycles. The second-order valence-electron chi connectivity index (χ2n) is 7.16. The molecule has 0 unspecified atom stereocenters. The zero-order chi connectivity index (χ0) is 21.9. The van der Waals surface area contributed by atoms with Gasteiger partial charge >= 0.3 is 0 Å². The Bertz CT molecular complexity index is 1220. The highest BCUT2D eigenvalue weighted by Gasteiger charge is 2.22. The minimum absolute atomic E-state index is 0.194. The van der Waals surface area contributed by atoms with E-state index in [1.54, 1.807) is 0 Å². The number of para-hydroxylation sites is 1. The lowest BCUT2D eigenvalue weighted by molar-refractivity contribution is 0.0998. The van der Waals surface area contributed by atoms with Crippen LogP contribution in [0.15, 0.2) is 52.4 Å². The first-order valence-electron chi connectivity index (χ1n) is 10.0. The molecule has 1 heterocycles. The zero-order valence-electron chi connectivity index (χ0n) is 17.8. The van der Waals surface area contributed by atoms with E-state index >= 15 is 0 Å². The van der Waals surface area contributed by atoms with Gasteiger partial charge in [0.05, 0.1) is 15.1 Å². The van der Waals surface area contributed by atoms with Crippen LogP contribution >= 0.6 is 11.3 Å². The Morgan fingerprint density at radius 2 is 1.83 bits per heavy atom. The maximum Gasteiger partial charge on any atom is 0.279 e. The van der Waals surface area contributed by atoms with Crippen LogP contribution in [0.4, 0.5) is 0 Å². The van der Waals surface area contributed by atoms with Crippen LogP contribution in [-0.4, -0.2) is 36.3 Å². The van der Waals surface area contributed by atoms with Crippen molar-refractivity contribution >= 4 is 37.5 Å². The summed E-state index contributed by atoms with van der Waals surface area (Å²) in [6.07, 6.45) is 1.74. The van der Waals surface area contributed by atoms with E-state index in [4.69, 9.17) is 0 Å². The Balaban J connectivity index is 1.90. The lowest BCUT2D eigenvalue weighted by Gasteiger charge is -2.20. The average molecular weight is 446 g/mol. The third-order valence-electron chi connectivity index (χ3n) is 5.07. The van der Waals surface area contributed by atoms with Gasteiger partial charge in [0.2, 0.25) is 10.0 Å². The Kier molecular flexibility index (Phi) is 6.90. The van der Waals surface area contributed by atoms with Gasteiger partial charge < -0.3 is 4.57 Å². The first-order chi connectivity index (χ1) is 14.3. The van der Waals surface area contributed by atoms with E-state index < -0.39 is 15.9 Å². The fourth-order valence-electron chi connectivity index (χ4n) is 3.36. The quantitative estimate of drug-likeness (QED) is 0.550. The summed E-state index contributed by atoms with van der Waals surface area (Å²) in [5.74, 6) is -0.392. The van der Waals surface area contributed by atoms with Gasteiger partial charge in [-0.05, 0) is 49.2 Å². The molecule has 1 amide bonds. The Morgan fingerprint density at radius 3 is 2.43 bits per heavy atom. The topological polar surface area (TPSA) is 71.7 Å². The SMILES string of the molecule is CCCCN(CC)S(=O)(=O)c1ccc(C(=O)N=c2sc3cccc(C)c3n2C)cc1. The number of aryl methyl sites for hydroxylation is 2. The monoisotopic (exact) mass is 445 g/mol. The highest BCUT2D eigenvalue weighted by molar-refractivity contribution is 7.89. The molecule has 1 aromatic heterocycles. The minimum Gasteiger partial charge on any atom is -0.319 e. The number of carbonyl (C=O) groups is 1. The van der Waals surface area contributed by atoms with Gasteiger partial charge in [0.1, 0.15) is 0 Å². The van der Waals surface area contributed by atoms with E-state index in [1.807, 2.05) is 50.6 Å². The van der Waals surface area contributed by atoms with Gasteiger partial charge in [-0.1, -0.05) is 43.7 Å². The van der Waals surface area contributed by atoms with Crippen LogP contribution < -0.4 is 4.80 Å². The normalized spacial score (nSPS) is 12.8. The molecule has 8 heteroatoms. The van der Waals surface area contributed by atoms with E-state index in [0.717, 1.165) is 28.6 Å². The van der Waals surface area contributed by atoms with Crippen LogP contribution in [0.3, 0.4) is 0 Å².